The Balaban J connectivity index is 1.17. The van der Waals surface area contributed by atoms with E-state index in [1.54, 1.807) is 13.3 Å². The standard InChI is InChI=1S/C39H46N4O9/c1-6-37-16-9-18-43-19-17-38(33(37)43)26-13-12-24(49-3)21-29(26)42(2)34(38)39(48,36(47)51-5)35(37)52-31(45)15-14-30(44)41-28(32(46)50-4)20-23-22-40-27-11-8-7-10-25(23)27/h7-13,16,21-22,28,33-35,40,48H,6,14-15,17-20H2,1-5H3,(H,41,44)/t28-,33+,34-,35-,37-,38-,39+/m1/s1. The zero-order valence-electron chi connectivity index (χ0n) is 30.1. The number of methoxy groups -OCH3 is 3. The number of nitrogens with one attached hydrogen (secondary N) is 2. The van der Waals surface area contributed by atoms with Gasteiger partial charge < -0.3 is 39.3 Å². The first-order valence-corrected chi connectivity index (χ1v) is 17.8. The smallest absolute Gasteiger partial charge is 0.344 e. The Labute approximate surface area is 302 Å². The van der Waals surface area contributed by atoms with Crippen molar-refractivity contribution in [2.75, 3.05) is 46.4 Å². The summed E-state index contributed by atoms with van der Waals surface area (Å²) in [4.78, 5) is 61.4. The highest BCUT2D eigenvalue weighted by Crippen LogP contribution is 2.67. The van der Waals surface area contributed by atoms with Gasteiger partial charge in [0, 0.05) is 72.2 Å². The molecule has 4 aliphatic rings. The number of para-hydroxylation sites is 1. The molecule has 1 spiro atoms. The van der Waals surface area contributed by atoms with Crippen LogP contribution in [0.25, 0.3) is 10.9 Å². The second-order valence-electron chi connectivity index (χ2n) is 14.3. The number of benzene rings is 2. The van der Waals surface area contributed by atoms with Crippen LogP contribution in [0.3, 0.4) is 0 Å². The third kappa shape index (κ3) is 5.11. The summed E-state index contributed by atoms with van der Waals surface area (Å²) in [5.74, 6) is -2.20. The first kappa shape index (κ1) is 35.5. The van der Waals surface area contributed by atoms with Gasteiger partial charge in [0.2, 0.25) is 11.5 Å². The van der Waals surface area contributed by atoms with E-state index in [0.29, 0.717) is 31.7 Å². The number of fused-ring (bicyclic) bond motifs is 2. The van der Waals surface area contributed by atoms with Crippen molar-refractivity contribution in [3.63, 3.8) is 0 Å². The summed E-state index contributed by atoms with van der Waals surface area (Å²) in [6.45, 7) is 3.36. The number of ether oxygens (including phenoxy) is 4. The molecule has 0 unspecified atom stereocenters. The predicted molar refractivity (Wildman–Crippen MR) is 191 cm³/mol. The number of H-pyrrole nitrogens is 1. The lowest BCUT2D eigenvalue weighted by atomic mass is 9.47. The van der Waals surface area contributed by atoms with Gasteiger partial charge >= 0.3 is 17.9 Å². The second kappa shape index (κ2) is 13.3. The maximum absolute atomic E-state index is 14.1. The Morgan fingerprint density at radius 3 is 2.58 bits per heavy atom. The lowest BCUT2D eigenvalue weighted by Gasteiger charge is -2.63. The van der Waals surface area contributed by atoms with E-state index in [4.69, 9.17) is 18.9 Å². The van der Waals surface area contributed by atoms with Gasteiger partial charge in [-0.2, -0.15) is 0 Å². The second-order valence-corrected chi connectivity index (χ2v) is 14.3. The number of likely N-dealkylation sites (N-methyl/N-ethyl adjacent to an activating group) is 1. The predicted octanol–water partition coefficient (Wildman–Crippen LogP) is 2.78. The van der Waals surface area contributed by atoms with Gasteiger partial charge in [-0.25, -0.2) is 9.59 Å². The molecular weight excluding hydrogens is 668 g/mol. The van der Waals surface area contributed by atoms with Gasteiger partial charge in [-0.05, 0) is 42.6 Å². The van der Waals surface area contributed by atoms with Crippen molar-refractivity contribution < 1.29 is 43.2 Å². The summed E-state index contributed by atoms with van der Waals surface area (Å²) < 4.78 is 22.2. The number of aromatic amines is 1. The lowest BCUT2D eigenvalue weighted by Crippen LogP contribution is -2.81. The van der Waals surface area contributed by atoms with E-state index >= 15 is 0 Å². The fourth-order valence-corrected chi connectivity index (χ4v) is 10.0. The molecule has 0 radical (unpaired) electrons. The fraction of sp³-hybridized carbons (Fsp3) is 0.487. The van der Waals surface area contributed by atoms with Crippen LogP contribution in [0, 0.1) is 5.41 Å². The Morgan fingerprint density at radius 1 is 1.06 bits per heavy atom. The highest BCUT2D eigenvalue weighted by atomic mass is 16.6. The third-order valence-corrected chi connectivity index (χ3v) is 12.1. The summed E-state index contributed by atoms with van der Waals surface area (Å²) in [5, 5.41) is 16.6. The van der Waals surface area contributed by atoms with Crippen molar-refractivity contribution in [1.82, 2.24) is 15.2 Å². The molecule has 0 bridgehead atoms. The molecule has 13 nitrogen and oxygen atoms in total. The molecule has 2 aromatic carbocycles. The molecular formula is C39H46N4O9. The molecule has 2 fully saturated rings. The van der Waals surface area contributed by atoms with Crippen LogP contribution >= 0.6 is 0 Å². The van der Waals surface area contributed by atoms with E-state index in [-0.39, 0.29) is 25.3 Å². The minimum Gasteiger partial charge on any atom is -0.497 e. The molecule has 13 heteroatoms. The number of anilines is 1. The zero-order valence-corrected chi connectivity index (χ0v) is 30.1. The van der Waals surface area contributed by atoms with Gasteiger partial charge in [-0.1, -0.05) is 43.3 Å². The highest BCUT2D eigenvalue weighted by molar-refractivity contribution is 5.89. The van der Waals surface area contributed by atoms with E-state index in [9.17, 15) is 24.3 Å². The van der Waals surface area contributed by atoms with E-state index < -0.39 is 58.4 Å². The third-order valence-electron chi connectivity index (χ3n) is 12.1. The average Bonchev–Trinajstić information content (AvgIpc) is 3.84. The van der Waals surface area contributed by atoms with Crippen LogP contribution in [0.5, 0.6) is 5.75 Å². The number of amides is 1. The van der Waals surface area contributed by atoms with E-state index in [1.165, 1.54) is 14.2 Å². The number of nitrogens with zero attached hydrogens (tertiary/aromatic N) is 2. The van der Waals surface area contributed by atoms with Crippen molar-refractivity contribution in [1.29, 1.82) is 0 Å². The Kier molecular flexibility index (Phi) is 9.06. The van der Waals surface area contributed by atoms with Crippen molar-refractivity contribution in [2.45, 2.75) is 74.3 Å². The fourth-order valence-electron chi connectivity index (χ4n) is 10.0. The van der Waals surface area contributed by atoms with Gasteiger partial charge in [-0.3, -0.25) is 14.5 Å². The number of carbonyl (C=O) groups excluding carboxylic acids is 4. The Bertz CT molecular complexity index is 1940. The number of esters is 3. The number of rotatable bonds is 11. The number of aliphatic hydroxyl groups is 1. The first-order valence-electron chi connectivity index (χ1n) is 17.8. The molecule has 4 heterocycles. The number of aromatic nitrogens is 1. The van der Waals surface area contributed by atoms with Gasteiger partial charge in [0.05, 0.1) is 33.8 Å². The molecule has 3 N–H and O–H groups in total. The van der Waals surface area contributed by atoms with Crippen molar-refractivity contribution in [3.05, 3.63) is 71.9 Å². The Hall–Kier alpha value is -4.88. The average molecular weight is 715 g/mol. The lowest BCUT2D eigenvalue weighted by molar-refractivity contribution is -0.229. The first-order chi connectivity index (χ1) is 25.0. The van der Waals surface area contributed by atoms with Gasteiger partial charge in [0.1, 0.15) is 11.8 Å². The number of carbonyl (C=O) groups is 4. The van der Waals surface area contributed by atoms with E-state index in [0.717, 1.165) is 27.7 Å². The molecule has 52 heavy (non-hydrogen) atoms. The van der Waals surface area contributed by atoms with Crippen molar-refractivity contribution in [2.24, 2.45) is 5.41 Å². The molecule has 1 saturated carbocycles. The van der Waals surface area contributed by atoms with Crippen LogP contribution in [0.15, 0.2) is 60.8 Å². The van der Waals surface area contributed by atoms with Crippen LogP contribution in [-0.2, 0) is 45.2 Å². The normalized spacial score (nSPS) is 29.1. The van der Waals surface area contributed by atoms with Crippen molar-refractivity contribution in [3.8, 4) is 5.75 Å². The monoisotopic (exact) mass is 714 g/mol. The summed E-state index contributed by atoms with van der Waals surface area (Å²) in [5.41, 5.74) is -0.451. The van der Waals surface area contributed by atoms with Crippen LogP contribution < -0.4 is 15.0 Å². The summed E-state index contributed by atoms with van der Waals surface area (Å²) >= 11 is 0. The molecule has 3 aromatic rings. The van der Waals surface area contributed by atoms with Gasteiger partial charge in [-0.15, -0.1) is 0 Å². The van der Waals surface area contributed by atoms with Crippen LogP contribution in [0.4, 0.5) is 5.69 Å². The van der Waals surface area contributed by atoms with Crippen LogP contribution in [0.2, 0.25) is 0 Å². The van der Waals surface area contributed by atoms with E-state index in [2.05, 4.69) is 15.2 Å². The maximum atomic E-state index is 14.1. The molecule has 7 rings (SSSR count). The molecule has 1 saturated heterocycles. The number of hydrogen-bond acceptors (Lipinski definition) is 11. The number of hydrogen-bond donors (Lipinski definition) is 3. The molecule has 3 aliphatic heterocycles. The SMILES string of the molecule is CC[C@]12C=CCN3CC[C@@]4(c5ccc(OC)cc5N(C)[C@H]4[C@@](O)(C(=O)OC)[C@@H]1OC(=O)CCC(=O)N[C@H](Cc1c[nH]c4ccccc14)C(=O)OC)[C@@H]32. The Morgan fingerprint density at radius 2 is 1.85 bits per heavy atom. The summed E-state index contributed by atoms with van der Waals surface area (Å²) in [6.07, 6.45) is 5.08. The minimum absolute atomic E-state index is 0.176. The zero-order chi connectivity index (χ0) is 37.0. The topological polar surface area (TPSA) is 160 Å². The van der Waals surface area contributed by atoms with E-state index in [1.807, 2.05) is 73.5 Å². The van der Waals surface area contributed by atoms with Crippen LogP contribution in [0.1, 0.15) is 43.7 Å². The molecule has 7 atom stereocenters. The molecule has 1 aliphatic carbocycles. The molecule has 276 valence electrons. The molecule has 1 aromatic heterocycles. The largest absolute Gasteiger partial charge is 0.497 e. The van der Waals surface area contributed by atoms with Crippen molar-refractivity contribution >= 4 is 40.4 Å². The van der Waals surface area contributed by atoms with Crippen LogP contribution in [-0.4, -0.2) is 110 Å². The van der Waals surface area contributed by atoms with Gasteiger partial charge in [0.25, 0.3) is 0 Å². The summed E-state index contributed by atoms with van der Waals surface area (Å²) in [6, 6.07) is 11.4. The maximum Gasteiger partial charge on any atom is 0.344 e. The molecule has 1 amide bonds. The minimum atomic E-state index is -2.30. The summed E-state index contributed by atoms with van der Waals surface area (Å²) in [7, 11) is 5.90. The quantitative estimate of drug-likeness (QED) is 0.152. The van der Waals surface area contributed by atoms with Gasteiger partial charge in [0.15, 0.2) is 6.10 Å². The highest BCUT2D eigenvalue weighted by Gasteiger charge is 2.80.